The van der Waals surface area contributed by atoms with E-state index in [2.05, 4.69) is 15.4 Å². The van der Waals surface area contributed by atoms with E-state index in [1.54, 1.807) is 0 Å². The molecule has 0 unspecified atom stereocenters. The molecule has 3 amide bonds. The van der Waals surface area contributed by atoms with E-state index < -0.39 is 29.6 Å². The van der Waals surface area contributed by atoms with E-state index in [-0.39, 0.29) is 17.9 Å². The monoisotopic (exact) mass is 395 g/mol. The number of rotatable bonds is 6. The molecule has 0 aromatic rings. The molecule has 0 aromatic carbocycles. The van der Waals surface area contributed by atoms with Gasteiger partial charge in [0.1, 0.15) is 18.1 Å². The van der Waals surface area contributed by atoms with Gasteiger partial charge in [-0.1, -0.05) is 27.7 Å². The van der Waals surface area contributed by atoms with Gasteiger partial charge in [-0.05, 0) is 32.4 Å². The molecule has 0 bridgehead atoms. The van der Waals surface area contributed by atoms with E-state index >= 15 is 0 Å². The number of ether oxygens (including phenoxy) is 1. The molecule has 0 aliphatic carbocycles. The van der Waals surface area contributed by atoms with Gasteiger partial charge < -0.3 is 25.2 Å². The van der Waals surface area contributed by atoms with Crippen molar-refractivity contribution in [2.24, 2.45) is 5.41 Å². The first-order valence-corrected chi connectivity index (χ1v) is 9.47. The number of methoxy groups -OCH3 is 1. The molecule has 0 spiro atoms. The van der Waals surface area contributed by atoms with Gasteiger partial charge in [0.2, 0.25) is 11.8 Å². The van der Waals surface area contributed by atoms with Gasteiger partial charge in [-0.3, -0.25) is 9.59 Å². The Morgan fingerprint density at radius 3 is 2.32 bits per heavy atom. The Kier molecular flexibility index (Phi) is 8.24. The van der Waals surface area contributed by atoms with Gasteiger partial charge in [0.05, 0.1) is 13.2 Å². The number of nitrogens with one attached hydrogen (secondary N) is 2. The van der Waals surface area contributed by atoms with E-state index in [0.29, 0.717) is 19.4 Å². The molecular formula is C19H33N5O4. The van der Waals surface area contributed by atoms with Crippen LogP contribution in [0, 0.1) is 16.7 Å². The highest BCUT2D eigenvalue weighted by Crippen LogP contribution is 2.27. The van der Waals surface area contributed by atoms with Crippen LogP contribution in [0.4, 0.5) is 4.79 Å². The topological polar surface area (TPSA) is 115 Å². The minimum atomic E-state index is -0.853. The summed E-state index contributed by atoms with van der Waals surface area (Å²) in [5.41, 5.74) is -0.582. The molecule has 1 rings (SSSR count). The van der Waals surface area contributed by atoms with Crippen LogP contribution >= 0.6 is 0 Å². The molecule has 9 nitrogen and oxygen atoms in total. The quantitative estimate of drug-likeness (QED) is 0.684. The van der Waals surface area contributed by atoms with Gasteiger partial charge in [-0.2, -0.15) is 5.26 Å². The first kappa shape index (κ1) is 23.7. The lowest BCUT2D eigenvalue weighted by Gasteiger charge is -2.35. The lowest BCUT2D eigenvalue weighted by molar-refractivity contribution is -0.142. The summed E-state index contributed by atoms with van der Waals surface area (Å²) < 4.78 is 4.66. The molecule has 9 heteroatoms. The maximum atomic E-state index is 13.3. The van der Waals surface area contributed by atoms with Gasteiger partial charge in [0.15, 0.2) is 0 Å². The third kappa shape index (κ3) is 5.83. The molecule has 4 atom stereocenters. The van der Waals surface area contributed by atoms with Crippen molar-refractivity contribution in [3.8, 4) is 6.07 Å². The van der Waals surface area contributed by atoms with Crippen molar-refractivity contribution in [1.29, 1.82) is 5.26 Å². The second-order valence-electron chi connectivity index (χ2n) is 8.39. The highest BCUT2D eigenvalue weighted by Gasteiger charge is 2.45. The van der Waals surface area contributed by atoms with Crippen LogP contribution in [-0.2, 0) is 14.3 Å². The molecular weight excluding hydrogens is 362 g/mol. The average molecular weight is 396 g/mol. The molecule has 1 saturated heterocycles. The van der Waals surface area contributed by atoms with Crippen molar-refractivity contribution >= 4 is 17.9 Å². The Balaban J connectivity index is 3.15. The maximum Gasteiger partial charge on any atom is 0.407 e. The molecule has 1 aliphatic rings. The summed E-state index contributed by atoms with van der Waals surface area (Å²) in [4.78, 5) is 41.4. The van der Waals surface area contributed by atoms with Crippen LogP contribution in [0.5, 0.6) is 0 Å². The fourth-order valence-corrected chi connectivity index (χ4v) is 3.16. The second kappa shape index (κ2) is 9.73. The predicted molar refractivity (Wildman–Crippen MR) is 104 cm³/mol. The van der Waals surface area contributed by atoms with Crippen LogP contribution in [0.15, 0.2) is 0 Å². The molecule has 0 saturated carbocycles. The van der Waals surface area contributed by atoms with E-state index in [1.807, 2.05) is 52.8 Å². The zero-order chi connectivity index (χ0) is 21.6. The zero-order valence-electron chi connectivity index (χ0n) is 17.9. The first-order valence-electron chi connectivity index (χ1n) is 9.47. The number of hydrogen-bond acceptors (Lipinski definition) is 6. The number of alkyl carbamates (subject to hydrolysis) is 1. The second-order valence-corrected chi connectivity index (χ2v) is 8.39. The fourth-order valence-electron chi connectivity index (χ4n) is 3.16. The Labute approximate surface area is 167 Å². The van der Waals surface area contributed by atoms with Gasteiger partial charge in [-0.15, -0.1) is 0 Å². The van der Waals surface area contributed by atoms with E-state index in [4.69, 9.17) is 5.26 Å². The van der Waals surface area contributed by atoms with Crippen molar-refractivity contribution in [1.82, 2.24) is 20.4 Å². The molecule has 28 heavy (non-hydrogen) atoms. The number of nitriles is 1. The third-order valence-corrected chi connectivity index (χ3v) is 5.04. The lowest BCUT2D eigenvalue weighted by Crippen LogP contribution is -2.58. The van der Waals surface area contributed by atoms with E-state index in [9.17, 15) is 14.4 Å². The minimum Gasteiger partial charge on any atom is -0.453 e. The smallest absolute Gasteiger partial charge is 0.407 e. The van der Waals surface area contributed by atoms with E-state index in [1.165, 1.54) is 12.0 Å². The number of amides is 3. The van der Waals surface area contributed by atoms with Crippen LogP contribution in [0.2, 0.25) is 0 Å². The van der Waals surface area contributed by atoms with Crippen LogP contribution < -0.4 is 10.6 Å². The standard InChI is InChI=1S/C19H33N5O4/c1-8-12(10-20)21-16(25)14-9-13(23(5)6)11-24(14)17(26)15(19(2,3)4)22-18(27)28-7/h12-15H,8-9,11H2,1-7H3,(H,21,25)(H,22,27)/t12-,13+,14-,15+/m0/s1. The highest BCUT2D eigenvalue weighted by atomic mass is 16.5. The Morgan fingerprint density at radius 1 is 1.29 bits per heavy atom. The summed E-state index contributed by atoms with van der Waals surface area (Å²) in [5.74, 6) is -0.691. The summed E-state index contributed by atoms with van der Waals surface area (Å²) in [5, 5.41) is 14.4. The summed E-state index contributed by atoms with van der Waals surface area (Å²) in [6, 6.07) is -0.111. The molecule has 1 heterocycles. The number of likely N-dealkylation sites (tertiary alicyclic amines) is 1. The molecule has 2 N–H and O–H groups in total. The normalized spacial score (nSPS) is 21.6. The first-order chi connectivity index (χ1) is 13.0. The maximum absolute atomic E-state index is 13.3. The van der Waals surface area contributed by atoms with Gasteiger partial charge in [-0.25, -0.2) is 4.79 Å². The fraction of sp³-hybridized carbons (Fsp3) is 0.789. The summed E-state index contributed by atoms with van der Waals surface area (Å²) in [7, 11) is 5.03. The van der Waals surface area contributed by atoms with Gasteiger partial charge in [0, 0.05) is 12.6 Å². The Hall–Kier alpha value is -2.34. The molecule has 0 radical (unpaired) electrons. The average Bonchev–Trinajstić information content (AvgIpc) is 3.08. The largest absolute Gasteiger partial charge is 0.453 e. The van der Waals surface area contributed by atoms with Crippen molar-refractivity contribution < 1.29 is 19.1 Å². The van der Waals surface area contributed by atoms with Crippen LogP contribution in [0.3, 0.4) is 0 Å². The summed E-state index contributed by atoms with van der Waals surface area (Å²) in [6.45, 7) is 7.68. The predicted octanol–water partition coefficient (Wildman–Crippen LogP) is 0.707. The van der Waals surface area contributed by atoms with Crippen LogP contribution in [0.1, 0.15) is 40.5 Å². The lowest BCUT2D eigenvalue weighted by atomic mass is 9.85. The van der Waals surface area contributed by atoms with E-state index in [0.717, 1.165) is 0 Å². The molecule has 1 aliphatic heterocycles. The van der Waals surface area contributed by atoms with Crippen LogP contribution in [0.25, 0.3) is 0 Å². The minimum absolute atomic E-state index is 0.000562. The molecule has 1 fully saturated rings. The number of hydrogen-bond donors (Lipinski definition) is 2. The highest BCUT2D eigenvalue weighted by molar-refractivity contribution is 5.92. The Morgan fingerprint density at radius 2 is 1.89 bits per heavy atom. The van der Waals surface area contributed by atoms with Crippen molar-refractivity contribution in [3.05, 3.63) is 0 Å². The Bertz CT molecular complexity index is 623. The number of carbonyl (C=O) groups is 3. The number of carbonyl (C=O) groups excluding carboxylic acids is 3. The zero-order valence-corrected chi connectivity index (χ0v) is 17.9. The third-order valence-electron chi connectivity index (χ3n) is 5.04. The van der Waals surface area contributed by atoms with Crippen molar-refractivity contribution in [2.45, 2.75) is 64.7 Å². The SMILES string of the molecule is CC[C@@H](C#N)NC(=O)[C@@H]1C[C@@H](N(C)C)CN1C(=O)[C@@H](NC(=O)OC)C(C)(C)C. The van der Waals surface area contributed by atoms with Gasteiger partial charge >= 0.3 is 6.09 Å². The van der Waals surface area contributed by atoms with Crippen LogP contribution in [-0.4, -0.2) is 79.6 Å². The molecule has 158 valence electrons. The van der Waals surface area contributed by atoms with Crippen molar-refractivity contribution in [2.75, 3.05) is 27.7 Å². The summed E-state index contributed by atoms with van der Waals surface area (Å²) in [6.07, 6.45) is 0.240. The number of nitrogens with zero attached hydrogens (tertiary/aromatic N) is 3. The van der Waals surface area contributed by atoms with Gasteiger partial charge in [0.25, 0.3) is 0 Å². The molecule has 0 aromatic heterocycles. The summed E-state index contributed by atoms with van der Waals surface area (Å²) >= 11 is 0. The van der Waals surface area contributed by atoms with Crippen molar-refractivity contribution in [3.63, 3.8) is 0 Å². The number of likely N-dealkylation sites (N-methyl/N-ethyl adjacent to an activating group) is 1.